The number of hydrogen-bond donors (Lipinski definition) is 4. The summed E-state index contributed by atoms with van der Waals surface area (Å²) in [5.74, 6) is -1.13. The van der Waals surface area contributed by atoms with Crippen LogP contribution in [-0.2, 0) is 16.1 Å². The molecule has 2 atom stereocenters. The molecule has 2 aromatic carbocycles. The Balaban J connectivity index is 1.60. The molecule has 3 rings (SSSR count). The van der Waals surface area contributed by atoms with Crippen LogP contribution >= 0.6 is 11.6 Å². The number of carbonyl (C=O) groups excluding carboxylic acids is 2. The number of halogens is 3. The Bertz CT molecular complexity index is 1040. The van der Waals surface area contributed by atoms with Crippen molar-refractivity contribution in [2.45, 2.75) is 31.5 Å². The summed E-state index contributed by atoms with van der Waals surface area (Å²) in [7, 11) is 0. The van der Waals surface area contributed by atoms with Crippen LogP contribution in [0, 0.1) is 5.41 Å². The van der Waals surface area contributed by atoms with Crippen LogP contribution in [0.3, 0.4) is 0 Å². The molecule has 8 nitrogen and oxygen atoms in total. The molecule has 0 aromatic heterocycles. The monoisotopic (exact) mass is 480 g/mol. The van der Waals surface area contributed by atoms with E-state index in [0.717, 1.165) is 5.56 Å². The summed E-state index contributed by atoms with van der Waals surface area (Å²) in [5, 5.41) is 20.8. The lowest BCUT2D eigenvalue weighted by Crippen LogP contribution is -2.59. The van der Waals surface area contributed by atoms with Gasteiger partial charge in [-0.15, -0.1) is 0 Å². The number of hydrogen-bond acceptors (Lipinski definition) is 5. The second kappa shape index (κ2) is 10.6. The van der Waals surface area contributed by atoms with Gasteiger partial charge in [0.2, 0.25) is 5.91 Å². The Morgan fingerprint density at radius 2 is 1.97 bits per heavy atom. The molecule has 176 valence electrons. The first-order valence-corrected chi connectivity index (χ1v) is 10.4. The Hall–Kier alpha value is -3.24. The molecule has 2 unspecified atom stereocenters. The van der Waals surface area contributed by atoms with E-state index < -0.39 is 31.1 Å². The fraction of sp³-hybridized carbons (Fsp3) is 0.318. The van der Waals surface area contributed by atoms with Gasteiger partial charge in [0.05, 0.1) is 0 Å². The summed E-state index contributed by atoms with van der Waals surface area (Å²) >= 11 is 5.96. The number of carbonyl (C=O) groups is 2. The number of aliphatic hydroxyl groups excluding tert-OH is 1. The van der Waals surface area contributed by atoms with Crippen molar-refractivity contribution in [2.24, 2.45) is 5.73 Å². The molecule has 1 aliphatic rings. The van der Waals surface area contributed by atoms with Gasteiger partial charge in [0.25, 0.3) is 12.3 Å². The zero-order valence-corrected chi connectivity index (χ0v) is 18.2. The number of aliphatic hydroxyl groups is 1. The number of ether oxygens (including phenoxy) is 1. The molecule has 2 amide bonds. The number of nitrogens with zero attached hydrogens (tertiary/aromatic N) is 1. The number of nitrogens with one attached hydrogen (secondary N) is 2. The minimum Gasteiger partial charge on any atom is -0.488 e. The maximum atomic E-state index is 12.8. The van der Waals surface area contributed by atoms with Crippen molar-refractivity contribution in [1.82, 2.24) is 10.2 Å². The van der Waals surface area contributed by atoms with E-state index in [0.29, 0.717) is 12.0 Å². The lowest BCUT2D eigenvalue weighted by Gasteiger charge is -2.40. The highest BCUT2D eigenvalue weighted by atomic mass is 35.5. The number of amidine groups is 1. The molecule has 2 aromatic rings. The van der Waals surface area contributed by atoms with Crippen molar-refractivity contribution in [3.05, 3.63) is 64.2 Å². The molecular weight excluding hydrogens is 458 g/mol. The highest BCUT2D eigenvalue weighted by Crippen LogP contribution is 2.29. The Kier molecular flexibility index (Phi) is 7.83. The first kappa shape index (κ1) is 24.4. The number of likely N-dealkylation sites (tertiary alicyclic amines) is 1. The van der Waals surface area contributed by atoms with E-state index in [2.05, 4.69) is 5.32 Å². The van der Waals surface area contributed by atoms with Crippen LogP contribution in [0.15, 0.2) is 42.5 Å². The fourth-order valence-electron chi connectivity index (χ4n) is 3.32. The minimum atomic E-state index is -2.69. The first-order valence-electron chi connectivity index (χ1n) is 10.1. The Morgan fingerprint density at radius 1 is 1.27 bits per heavy atom. The molecule has 1 saturated heterocycles. The van der Waals surface area contributed by atoms with Gasteiger partial charge >= 0.3 is 0 Å². The third-order valence-corrected chi connectivity index (χ3v) is 5.37. The van der Waals surface area contributed by atoms with Crippen molar-refractivity contribution in [2.75, 3.05) is 13.2 Å². The quantitative estimate of drug-likeness (QED) is 0.323. The van der Waals surface area contributed by atoms with Gasteiger partial charge in [-0.2, -0.15) is 0 Å². The zero-order chi connectivity index (χ0) is 24.1. The predicted molar refractivity (Wildman–Crippen MR) is 117 cm³/mol. The summed E-state index contributed by atoms with van der Waals surface area (Å²) in [6.07, 6.45) is -3.88. The van der Waals surface area contributed by atoms with Crippen LogP contribution in [0.25, 0.3) is 0 Å². The molecule has 0 spiro atoms. The summed E-state index contributed by atoms with van der Waals surface area (Å²) in [4.78, 5) is 26.6. The van der Waals surface area contributed by atoms with Crippen molar-refractivity contribution in [3.63, 3.8) is 0 Å². The maximum Gasteiger partial charge on any atom is 0.272 e. The van der Waals surface area contributed by atoms with Gasteiger partial charge in [-0.1, -0.05) is 35.9 Å². The highest BCUT2D eigenvalue weighted by Gasteiger charge is 2.40. The second-order valence-electron chi connectivity index (χ2n) is 7.49. The average Bonchev–Trinajstić information content (AvgIpc) is 2.74. The number of rotatable bonds is 9. The van der Waals surface area contributed by atoms with Crippen molar-refractivity contribution >= 4 is 29.3 Å². The van der Waals surface area contributed by atoms with Gasteiger partial charge in [0.1, 0.15) is 24.2 Å². The number of nitrogen functional groups attached to an aromatic ring is 1. The summed E-state index contributed by atoms with van der Waals surface area (Å²) in [5.41, 5.74) is 6.85. The topological polar surface area (TPSA) is 129 Å². The van der Waals surface area contributed by atoms with Crippen molar-refractivity contribution in [3.8, 4) is 5.75 Å². The van der Waals surface area contributed by atoms with E-state index in [4.69, 9.17) is 27.5 Å². The van der Waals surface area contributed by atoms with Gasteiger partial charge in [-0.05, 0) is 35.7 Å². The molecule has 0 saturated carbocycles. The molecule has 33 heavy (non-hydrogen) atoms. The van der Waals surface area contributed by atoms with Crippen LogP contribution in [0.5, 0.6) is 5.75 Å². The highest BCUT2D eigenvalue weighted by molar-refractivity contribution is 6.30. The van der Waals surface area contributed by atoms with Crippen molar-refractivity contribution < 1.29 is 28.2 Å². The molecule has 0 aliphatic carbocycles. The van der Waals surface area contributed by atoms with E-state index in [-0.39, 0.29) is 41.2 Å². The summed E-state index contributed by atoms with van der Waals surface area (Å²) < 4.78 is 29.7. The molecule has 1 fully saturated rings. The fourth-order valence-corrected chi connectivity index (χ4v) is 3.55. The van der Waals surface area contributed by atoms with Crippen LogP contribution in [-0.4, -0.2) is 53.3 Å². The van der Waals surface area contributed by atoms with Gasteiger partial charge in [-0.25, -0.2) is 8.78 Å². The number of nitrogens with two attached hydrogens (primary N) is 1. The molecule has 5 N–H and O–H groups in total. The largest absolute Gasteiger partial charge is 0.488 e. The van der Waals surface area contributed by atoms with Gasteiger partial charge < -0.3 is 25.8 Å². The Morgan fingerprint density at radius 3 is 2.55 bits per heavy atom. The van der Waals surface area contributed by atoms with E-state index in [9.17, 15) is 23.5 Å². The van der Waals surface area contributed by atoms with E-state index >= 15 is 0 Å². The van der Waals surface area contributed by atoms with Crippen molar-refractivity contribution in [1.29, 1.82) is 5.41 Å². The number of benzene rings is 2. The van der Waals surface area contributed by atoms with Gasteiger partial charge in [-0.3, -0.25) is 15.0 Å². The molecule has 0 radical (unpaired) electrons. The maximum absolute atomic E-state index is 12.8. The molecular formula is C22H23ClF2N4O4. The van der Waals surface area contributed by atoms with E-state index in [1.165, 1.54) is 23.1 Å². The third-order valence-electron chi connectivity index (χ3n) is 5.16. The smallest absolute Gasteiger partial charge is 0.272 e. The molecule has 1 aliphatic heterocycles. The first-order chi connectivity index (χ1) is 15.7. The molecule has 11 heteroatoms. The van der Waals surface area contributed by atoms with Gasteiger partial charge in [0.15, 0.2) is 6.10 Å². The van der Waals surface area contributed by atoms with Crippen LogP contribution in [0.2, 0.25) is 5.02 Å². The molecule has 0 bridgehead atoms. The van der Waals surface area contributed by atoms with Crippen LogP contribution in [0.1, 0.15) is 29.2 Å². The predicted octanol–water partition coefficient (Wildman–Crippen LogP) is 2.22. The Labute approximate surface area is 193 Å². The normalized spacial score (nSPS) is 16.2. The minimum absolute atomic E-state index is 0.00153. The second-order valence-corrected chi connectivity index (χ2v) is 7.93. The lowest BCUT2D eigenvalue weighted by atomic mass is 9.98. The molecule has 1 heterocycles. The SMILES string of the molecule is N=C(N)c1ccc(CNC(=O)C2CCN2C(=O)C(O)c2cc(Cl)cc(OCC(F)F)c2)cc1. The summed E-state index contributed by atoms with van der Waals surface area (Å²) in [6.45, 7) is -0.344. The van der Waals surface area contributed by atoms with E-state index in [1.807, 2.05) is 0 Å². The standard InChI is InChI=1S/C22H23ClF2N4O4/c23-15-7-14(8-16(9-15)33-11-18(24)25)19(30)22(32)29-6-5-17(29)21(31)28-10-12-1-3-13(4-2-12)20(26)27/h1-4,7-9,17-19,30H,5-6,10-11H2,(H3,26,27)(H,28,31). The summed E-state index contributed by atoms with van der Waals surface area (Å²) in [6, 6.07) is 9.96. The number of amides is 2. The third kappa shape index (κ3) is 6.17. The van der Waals surface area contributed by atoms with Gasteiger partial charge in [0, 0.05) is 23.7 Å². The number of alkyl halides is 2. The van der Waals surface area contributed by atoms with Crippen LogP contribution < -0.4 is 15.8 Å². The van der Waals surface area contributed by atoms with Crippen LogP contribution in [0.4, 0.5) is 8.78 Å². The zero-order valence-electron chi connectivity index (χ0n) is 17.4. The average molecular weight is 481 g/mol. The van der Waals surface area contributed by atoms with E-state index in [1.54, 1.807) is 24.3 Å². The lowest BCUT2D eigenvalue weighted by molar-refractivity contribution is -0.154.